The van der Waals surface area contributed by atoms with Crippen LogP contribution in [0.1, 0.15) is 25.7 Å². The van der Waals surface area contributed by atoms with Gasteiger partial charge in [-0.2, -0.15) is 4.68 Å². The summed E-state index contributed by atoms with van der Waals surface area (Å²) in [5, 5.41) is 14.8. The molecule has 0 spiro atoms. The van der Waals surface area contributed by atoms with E-state index < -0.39 is 5.82 Å². The molecule has 0 aliphatic carbocycles. The van der Waals surface area contributed by atoms with Gasteiger partial charge in [-0.15, -0.1) is 5.10 Å². The Morgan fingerprint density at radius 1 is 1.50 bits per heavy atom. The zero-order valence-corrected chi connectivity index (χ0v) is 10.8. The molecule has 0 aliphatic heterocycles. The molecule has 0 fully saturated rings. The number of nitrogens with one attached hydrogen (secondary N) is 1. The van der Waals surface area contributed by atoms with Crippen molar-refractivity contribution < 1.29 is 4.39 Å². The third-order valence-electron chi connectivity index (χ3n) is 2.54. The predicted octanol–water partition coefficient (Wildman–Crippen LogP) is 2.13. The molecule has 2 aromatic rings. The van der Waals surface area contributed by atoms with Gasteiger partial charge in [0.25, 0.3) is 0 Å². The van der Waals surface area contributed by atoms with Crippen LogP contribution >= 0.6 is 11.6 Å². The Bertz CT molecular complexity index is 542. The molecule has 0 saturated carbocycles. The number of halogens is 2. The fraction of sp³-hybridized carbons (Fsp3) is 0.364. The summed E-state index contributed by atoms with van der Waals surface area (Å²) in [5.74, 6) is 0.189. The van der Waals surface area contributed by atoms with Gasteiger partial charge >= 0.3 is 0 Å². The van der Waals surface area contributed by atoms with Crippen molar-refractivity contribution in [2.24, 2.45) is 0 Å². The molecule has 1 atom stereocenters. The first-order valence-electron chi connectivity index (χ1n) is 5.60. The molecule has 1 aromatic carbocycles. The minimum Gasteiger partial charge on any atom is -0.308 e. The van der Waals surface area contributed by atoms with Gasteiger partial charge in [0.15, 0.2) is 5.82 Å². The predicted molar refractivity (Wildman–Crippen MR) is 66.2 cm³/mol. The van der Waals surface area contributed by atoms with Crippen molar-refractivity contribution in [3.8, 4) is 5.69 Å². The summed E-state index contributed by atoms with van der Waals surface area (Å²) in [6.07, 6.45) is 0. The average Bonchev–Trinajstić information content (AvgIpc) is 2.82. The molecular formula is C11H13ClFN5. The minimum absolute atomic E-state index is 0.00571. The molecule has 0 aliphatic rings. The number of hydrogen-bond donors (Lipinski definition) is 1. The summed E-state index contributed by atoms with van der Waals surface area (Å²) >= 11 is 5.75. The fourth-order valence-corrected chi connectivity index (χ4v) is 1.84. The van der Waals surface area contributed by atoms with Crippen LogP contribution in [-0.2, 0) is 0 Å². The summed E-state index contributed by atoms with van der Waals surface area (Å²) < 4.78 is 14.7. The average molecular weight is 270 g/mol. The van der Waals surface area contributed by atoms with Crippen LogP contribution in [-0.4, -0.2) is 26.8 Å². The van der Waals surface area contributed by atoms with E-state index >= 15 is 0 Å². The van der Waals surface area contributed by atoms with Crippen LogP contribution in [0.4, 0.5) is 4.39 Å². The smallest absolute Gasteiger partial charge is 0.173 e. The SMILES string of the molecule is CCNC(C)c1nnnn1-c1ccc(F)c(Cl)c1. The van der Waals surface area contributed by atoms with Crippen LogP contribution in [0, 0.1) is 5.82 Å². The normalized spacial score (nSPS) is 12.7. The molecule has 2 rings (SSSR count). The minimum atomic E-state index is -0.463. The lowest BCUT2D eigenvalue weighted by Crippen LogP contribution is -2.21. The van der Waals surface area contributed by atoms with Gasteiger partial charge in [-0.1, -0.05) is 18.5 Å². The van der Waals surface area contributed by atoms with Crippen LogP contribution in [0.25, 0.3) is 5.69 Å². The molecule has 0 bridgehead atoms. The maximum atomic E-state index is 13.1. The van der Waals surface area contributed by atoms with Crippen molar-refractivity contribution in [1.82, 2.24) is 25.5 Å². The number of aromatic nitrogens is 4. The zero-order valence-electron chi connectivity index (χ0n) is 10.1. The summed E-state index contributed by atoms with van der Waals surface area (Å²) in [6, 6.07) is 4.37. The van der Waals surface area contributed by atoms with Crippen molar-refractivity contribution >= 4 is 11.6 Å². The lowest BCUT2D eigenvalue weighted by molar-refractivity contribution is 0.550. The number of nitrogens with zero attached hydrogens (tertiary/aromatic N) is 4. The van der Waals surface area contributed by atoms with E-state index in [0.29, 0.717) is 11.5 Å². The first kappa shape index (κ1) is 12.9. The molecule has 0 amide bonds. The van der Waals surface area contributed by atoms with E-state index in [1.165, 1.54) is 12.1 Å². The van der Waals surface area contributed by atoms with E-state index in [2.05, 4.69) is 20.8 Å². The van der Waals surface area contributed by atoms with Crippen LogP contribution in [0.5, 0.6) is 0 Å². The molecule has 96 valence electrons. The summed E-state index contributed by atoms with van der Waals surface area (Å²) in [7, 11) is 0. The third kappa shape index (κ3) is 2.49. The first-order valence-corrected chi connectivity index (χ1v) is 5.98. The van der Waals surface area contributed by atoms with Gasteiger partial charge in [0, 0.05) is 0 Å². The van der Waals surface area contributed by atoms with Gasteiger partial charge in [0.2, 0.25) is 0 Å². The van der Waals surface area contributed by atoms with Gasteiger partial charge < -0.3 is 5.32 Å². The molecule has 0 saturated heterocycles. The number of tetrazole rings is 1. The molecule has 1 N–H and O–H groups in total. The third-order valence-corrected chi connectivity index (χ3v) is 2.83. The second-order valence-electron chi connectivity index (χ2n) is 3.83. The summed E-state index contributed by atoms with van der Waals surface area (Å²) in [4.78, 5) is 0. The van der Waals surface area contributed by atoms with Crippen molar-refractivity contribution in [3.63, 3.8) is 0 Å². The van der Waals surface area contributed by atoms with Crippen LogP contribution in [0.2, 0.25) is 5.02 Å². The highest BCUT2D eigenvalue weighted by molar-refractivity contribution is 6.30. The Kier molecular flexibility index (Phi) is 3.88. The van der Waals surface area contributed by atoms with Gasteiger partial charge in [0.05, 0.1) is 16.8 Å². The number of rotatable bonds is 4. The van der Waals surface area contributed by atoms with E-state index in [1.54, 1.807) is 10.7 Å². The highest BCUT2D eigenvalue weighted by Gasteiger charge is 2.15. The summed E-state index contributed by atoms with van der Waals surface area (Å²) in [6.45, 7) is 4.76. The second-order valence-corrected chi connectivity index (χ2v) is 4.23. The Labute approximate surface area is 109 Å². The Balaban J connectivity index is 2.39. The molecule has 7 heteroatoms. The molecular weight excluding hydrogens is 257 g/mol. The molecule has 5 nitrogen and oxygen atoms in total. The van der Waals surface area contributed by atoms with Crippen LogP contribution < -0.4 is 5.32 Å². The Hall–Kier alpha value is -1.53. The molecule has 1 aromatic heterocycles. The maximum Gasteiger partial charge on any atom is 0.173 e. The second kappa shape index (κ2) is 5.41. The number of benzene rings is 1. The van der Waals surface area contributed by atoms with E-state index in [0.717, 1.165) is 6.54 Å². The maximum absolute atomic E-state index is 13.1. The van der Waals surface area contributed by atoms with Crippen LogP contribution in [0.3, 0.4) is 0 Å². The molecule has 18 heavy (non-hydrogen) atoms. The van der Waals surface area contributed by atoms with Crippen molar-refractivity contribution in [2.75, 3.05) is 6.54 Å². The molecule has 0 radical (unpaired) electrons. The van der Waals surface area contributed by atoms with Crippen molar-refractivity contribution in [1.29, 1.82) is 0 Å². The van der Waals surface area contributed by atoms with E-state index in [1.807, 2.05) is 13.8 Å². The zero-order chi connectivity index (χ0) is 13.1. The summed E-state index contributed by atoms with van der Waals surface area (Å²) in [5.41, 5.74) is 0.631. The van der Waals surface area contributed by atoms with Gasteiger partial charge in [-0.3, -0.25) is 0 Å². The Morgan fingerprint density at radius 2 is 2.28 bits per heavy atom. The van der Waals surface area contributed by atoms with Gasteiger partial charge in [-0.25, -0.2) is 4.39 Å². The number of hydrogen-bond acceptors (Lipinski definition) is 4. The lowest BCUT2D eigenvalue weighted by atomic mass is 10.2. The quantitative estimate of drug-likeness (QED) is 0.924. The van der Waals surface area contributed by atoms with Crippen molar-refractivity contribution in [3.05, 3.63) is 34.9 Å². The van der Waals surface area contributed by atoms with E-state index in [9.17, 15) is 4.39 Å². The fourth-order valence-electron chi connectivity index (χ4n) is 1.66. The van der Waals surface area contributed by atoms with Gasteiger partial charge in [0.1, 0.15) is 5.82 Å². The highest BCUT2D eigenvalue weighted by Crippen LogP contribution is 2.20. The lowest BCUT2D eigenvalue weighted by Gasteiger charge is -2.12. The van der Waals surface area contributed by atoms with E-state index in [-0.39, 0.29) is 11.1 Å². The molecule has 1 unspecified atom stereocenters. The Morgan fingerprint density at radius 3 is 2.94 bits per heavy atom. The van der Waals surface area contributed by atoms with Crippen molar-refractivity contribution in [2.45, 2.75) is 19.9 Å². The largest absolute Gasteiger partial charge is 0.308 e. The topological polar surface area (TPSA) is 55.6 Å². The van der Waals surface area contributed by atoms with E-state index in [4.69, 9.17) is 11.6 Å². The van der Waals surface area contributed by atoms with Crippen LogP contribution in [0.15, 0.2) is 18.2 Å². The standard InChI is InChI=1S/C11H13ClFN5/c1-3-14-7(2)11-15-16-17-18(11)8-4-5-10(13)9(12)6-8/h4-7,14H,3H2,1-2H3. The monoisotopic (exact) mass is 269 g/mol. The van der Waals surface area contributed by atoms with Gasteiger partial charge in [-0.05, 0) is 42.1 Å². The first-order chi connectivity index (χ1) is 8.63. The molecule has 1 heterocycles. The highest BCUT2D eigenvalue weighted by atomic mass is 35.5.